The van der Waals surface area contributed by atoms with Crippen LogP contribution >= 0.6 is 23.2 Å². The van der Waals surface area contributed by atoms with Crippen molar-refractivity contribution in [2.24, 2.45) is 0 Å². The number of carbonyl (C=O) groups is 2. The molecular weight excluding hydrogens is 540 g/mol. The third kappa shape index (κ3) is 6.60. The number of hydrogen-bond donors (Lipinski definition) is 1. The standard InChI is InChI=1S/C26H26Cl2FN3O4S/c1-3-30-26(34)18(2)31(16-19-10-7-8-14-22(19)29)24(33)17-32(23-15-9-13-21(27)25(23)28)37(35,36)20-11-5-4-6-12-20/h4-15,18H,3,16-17H2,1-2H3,(H,30,34)/t18-/m0/s1. The summed E-state index contributed by atoms with van der Waals surface area (Å²) in [7, 11) is -4.29. The van der Waals surface area contributed by atoms with E-state index in [1.807, 2.05) is 0 Å². The van der Waals surface area contributed by atoms with Gasteiger partial charge in [-0.15, -0.1) is 0 Å². The fraction of sp³-hybridized carbons (Fsp3) is 0.231. The molecule has 196 valence electrons. The summed E-state index contributed by atoms with van der Waals surface area (Å²) in [5.41, 5.74) is 0.160. The predicted molar refractivity (Wildman–Crippen MR) is 143 cm³/mol. The van der Waals surface area contributed by atoms with Crippen LogP contribution in [-0.2, 0) is 26.2 Å². The Kier molecular flexibility index (Phi) is 9.53. The highest BCUT2D eigenvalue weighted by atomic mass is 35.5. The van der Waals surface area contributed by atoms with Crippen molar-refractivity contribution >= 4 is 50.7 Å². The summed E-state index contributed by atoms with van der Waals surface area (Å²) >= 11 is 12.5. The van der Waals surface area contributed by atoms with E-state index in [0.717, 1.165) is 9.21 Å². The van der Waals surface area contributed by atoms with Crippen LogP contribution in [0, 0.1) is 5.82 Å². The molecule has 0 saturated carbocycles. The molecule has 0 bridgehead atoms. The van der Waals surface area contributed by atoms with Crippen LogP contribution in [0.1, 0.15) is 19.4 Å². The van der Waals surface area contributed by atoms with E-state index in [0.29, 0.717) is 6.54 Å². The first-order valence-corrected chi connectivity index (χ1v) is 13.6. The van der Waals surface area contributed by atoms with Crippen LogP contribution in [0.5, 0.6) is 0 Å². The Balaban J connectivity index is 2.08. The number of nitrogens with zero attached hydrogens (tertiary/aromatic N) is 2. The quantitative estimate of drug-likeness (QED) is 0.379. The van der Waals surface area contributed by atoms with E-state index in [-0.39, 0.29) is 32.7 Å². The first-order valence-electron chi connectivity index (χ1n) is 11.4. The molecule has 0 fully saturated rings. The summed E-state index contributed by atoms with van der Waals surface area (Å²) in [5.74, 6) is -1.77. The molecule has 0 aliphatic rings. The Bertz CT molecular complexity index is 1370. The molecule has 0 unspecified atom stereocenters. The molecule has 1 atom stereocenters. The van der Waals surface area contributed by atoms with Crippen LogP contribution in [-0.4, -0.2) is 44.3 Å². The zero-order chi connectivity index (χ0) is 27.2. The highest BCUT2D eigenvalue weighted by molar-refractivity contribution is 7.92. The Morgan fingerprint density at radius 3 is 2.27 bits per heavy atom. The van der Waals surface area contributed by atoms with Crippen molar-refractivity contribution in [1.29, 1.82) is 0 Å². The predicted octanol–water partition coefficient (Wildman–Crippen LogP) is 4.88. The molecule has 0 spiro atoms. The van der Waals surface area contributed by atoms with E-state index >= 15 is 0 Å². The van der Waals surface area contributed by atoms with E-state index in [1.54, 1.807) is 31.2 Å². The minimum atomic E-state index is -4.29. The number of amides is 2. The Hall–Kier alpha value is -3.14. The molecule has 0 aliphatic carbocycles. The Labute approximate surface area is 225 Å². The van der Waals surface area contributed by atoms with Gasteiger partial charge in [0.05, 0.1) is 20.6 Å². The normalized spacial score (nSPS) is 12.0. The molecular formula is C26H26Cl2FN3O4S. The number of halogens is 3. The lowest BCUT2D eigenvalue weighted by Crippen LogP contribution is -2.51. The van der Waals surface area contributed by atoms with Gasteiger partial charge in [0, 0.05) is 18.7 Å². The second kappa shape index (κ2) is 12.4. The molecule has 37 heavy (non-hydrogen) atoms. The third-order valence-electron chi connectivity index (χ3n) is 5.63. The van der Waals surface area contributed by atoms with Crippen molar-refractivity contribution in [1.82, 2.24) is 10.2 Å². The highest BCUT2D eigenvalue weighted by Gasteiger charge is 2.33. The molecule has 0 saturated heterocycles. The van der Waals surface area contributed by atoms with Crippen molar-refractivity contribution < 1.29 is 22.4 Å². The van der Waals surface area contributed by atoms with E-state index < -0.39 is 40.2 Å². The molecule has 0 heterocycles. The van der Waals surface area contributed by atoms with Crippen molar-refractivity contribution in [3.05, 3.63) is 94.2 Å². The van der Waals surface area contributed by atoms with Crippen LogP contribution in [0.15, 0.2) is 77.7 Å². The van der Waals surface area contributed by atoms with E-state index in [9.17, 15) is 22.4 Å². The van der Waals surface area contributed by atoms with Gasteiger partial charge in [0.2, 0.25) is 11.8 Å². The van der Waals surface area contributed by atoms with Gasteiger partial charge < -0.3 is 10.2 Å². The maximum atomic E-state index is 14.5. The molecule has 1 N–H and O–H groups in total. The average molecular weight is 566 g/mol. The van der Waals surface area contributed by atoms with Crippen molar-refractivity contribution in [3.8, 4) is 0 Å². The molecule has 0 aromatic heterocycles. The topological polar surface area (TPSA) is 86.8 Å². The Morgan fingerprint density at radius 2 is 1.62 bits per heavy atom. The smallest absolute Gasteiger partial charge is 0.264 e. The van der Waals surface area contributed by atoms with Crippen LogP contribution in [0.4, 0.5) is 10.1 Å². The van der Waals surface area contributed by atoms with E-state index in [4.69, 9.17) is 23.2 Å². The minimum Gasteiger partial charge on any atom is -0.355 e. The van der Waals surface area contributed by atoms with Crippen LogP contribution < -0.4 is 9.62 Å². The fourth-order valence-corrected chi connectivity index (χ4v) is 5.53. The molecule has 3 aromatic rings. The maximum absolute atomic E-state index is 14.5. The van der Waals surface area contributed by atoms with Gasteiger partial charge in [-0.2, -0.15) is 0 Å². The third-order valence-corrected chi connectivity index (χ3v) is 8.21. The average Bonchev–Trinajstić information content (AvgIpc) is 2.88. The van der Waals surface area contributed by atoms with Gasteiger partial charge in [-0.25, -0.2) is 12.8 Å². The monoisotopic (exact) mass is 565 g/mol. The summed E-state index contributed by atoms with van der Waals surface area (Å²) in [6.07, 6.45) is 0. The zero-order valence-corrected chi connectivity index (χ0v) is 22.5. The molecule has 0 aliphatic heterocycles. The summed E-state index contributed by atoms with van der Waals surface area (Å²) in [6.45, 7) is 2.56. The lowest BCUT2D eigenvalue weighted by molar-refractivity contribution is -0.139. The summed E-state index contributed by atoms with van der Waals surface area (Å²) in [6, 6.07) is 16.8. The Morgan fingerprint density at radius 1 is 0.973 bits per heavy atom. The van der Waals surface area contributed by atoms with Gasteiger partial charge in [0.1, 0.15) is 18.4 Å². The number of carbonyl (C=O) groups excluding carboxylic acids is 2. The number of nitrogens with one attached hydrogen (secondary N) is 1. The number of anilines is 1. The van der Waals surface area contributed by atoms with Crippen LogP contribution in [0.3, 0.4) is 0 Å². The second-order valence-corrected chi connectivity index (χ2v) is 10.7. The minimum absolute atomic E-state index is 0.0112. The molecule has 0 radical (unpaired) electrons. The van der Waals surface area contributed by atoms with Crippen molar-refractivity contribution in [2.75, 3.05) is 17.4 Å². The van der Waals surface area contributed by atoms with Crippen molar-refractivity contribution in [3.63, 3.8) is 0 Å². The van der Waals surface area contributed by atoms with Gasteiger partial charge in [-0.1, -0.05) is 65.7 Å². The van der Waals surface area contributed by atoms with Gasteiger partial charge >= 0.3 is 0 Å². The first-order chi connectivity index (χ1) is 17.6. The number of benzene rings is 3. The number of likely N-dealkylation sites (N-methyl/N-ethyl adjacent to an activating group) is 1. The fourth-order valence-electron chi connectivity index (χ4n) is 3.63. The second-order valence-electron chi connectivity index (χ2n) is 8.08. The van der Waals surface area contributed by atoms with Gasteiger partial charge in [-0.3, -0.25) is 13.9 Å². The van der Waals surface area contributed by atoms with Gasteiger partial charge in [-0.05, 0) is 44.2 Å². The largest absolute Gasteiger partial charge is 0.355 e. The molecule has 7 nitrogen and oxygen atoms in total. The maximum Gasteiger partial charge on any atom is 0.264 e. The van der Waals surface area contributed by atoms with Gasteiger partial charge in [0.25, 0.3) is 10.0 Å². The van der Waals surface area contributed by atoms with Gasteiger partial charge in [0.15, 0.2) is 0 Å². The first kappa shape index (κ1) is 28.4. The summed E-state index contributed by atoms with van der Waals surface area (Å²) < 4.78 is 42.7. The lowest BCUT2D eigenvalue weighted by atomic mass is 10.1. The number of sulfonamides is 1. The molecule has 11 heteroatoms. The van der Waals surface area contributed by atoms with Crippen LogP contribution in [0.25, 0.3) is 0 Å². The SMILES string of the molecule is CCNC(=O)[C@H](C)N(Cc1ccccc1F)C(=O)CN(c1cccc(Cl)c1Cl)S(=O)(=O)c1ccccc1. The van der Waals surface area contributed by atoms with E-state index in [1.165, 1.54) is 55.5 Å². The number of rotatable bonds is 10. The molecule has 3 aromatic carbocycles. The highest BCUT2D eigenvalue weighted by Crippen LogP contribution is 2.35. The molecule has 2 amide bonds. The lowest BCUT2D eigenvalue weighted by Gasteiger charge is -2.32. The summed E-state index contributed by atoms with van der Waals surface area (Å²) in [4.78, 5) is 27.4. The molecule has 3 rings (SSSR count). The zero-order valence-electron chi connectivity index (χ0n) is 20.2. The number of hydrogen-bond acceptors (Lipinski definition) is 4. The summed E-state index contributed by atoms with van der Waals surface area (Å²) in [5, 5.41) is 2.68. The van der Waals surface area contributed by atoms with E-state index in [2.05, 4.69) is 5.32 Å². The van der Waals surface area contributed by atoms with Crippen molar-refractivity contribution in [2.45, 2.75) is 31.3 Å². The van der Waals surface area contributed by atoms with Crippen LogP contribution in [0.2, 0.25) is 10.0 Å².